The lowest BCUT2D eigenvalue weighted by molar-refractivity contribution is -0.143. The van der Waals surface area contributed by atoms with E-state index < -0.39 is 29.9 Å². The highest BCUT2D eigenvalue weighted by molar-refractivity contribution is 5.86. The second-order valence-electron chi connectivity index (χ2n) is 3.12. The van der Waals surface area contributed by atoms with Gasteiger partial charge in [0.2, 0.25) is 5.91 Å². The van der Waals surface area contributed by atoms with Crippen molar-refractivity contribution < 1.29 is 24.6 Å². The third kappa shape index (κ3) is 5.63. The maximum Gasteiger partial charge on any atom is 0.326 e. The fourth-order valence-electron chi connectivity index (χ4n) is 0.828. The number of nitrogens with two attached hydrogens (primary N) is 1. The standard InChI is InChI=1S/C8H14N2O5/c1-4(9)7(13)10-5(8(14)15)2-3-6(11)12/h4-5H,2-3,9H2,1H3,(H,10,13)(H,11,12)(H,14,15)/t4?,5-/m0/s1. The van der Waals surface area contributed by atoms with Crippen molar-refractivity contribution in [3.63, 3.8) is 0 Å². The van der Waals surface area contributed by atoms with E-state index >= 15 is 0 Å². The molecule has 7 heteroatoms. The van der Waals surface area contributed by atoms with E-state index in [2.05, 4.69) is 5.32 Å². The second-order valence-corrected chi connectivity index (χ2v) is 3.12. The number of carbonyl (C=O) groups excluding carboxylic acids is 1. The van der Waals surface area contributed by atoms with Gasteiger partial charge in [-0.2, -0.15) is 0 Å². The van der Waals surface area contributed by atoms with Crippen LogP contribution in [0.4, 0.5) is 0 Å². The highest BCUT2D eigenvalue weighted by atomic mass is 16.4. The van der Waals surface area contributed by atoms with Crippen LogP contribution in [0, 0.1) is 0 Å². The lowest BCUT2D eigenvalue weighted by atomic mass is 10.1. The van der Waals surface area contributed by atoms with Crippen molar-refractivity contribution in [1.82, 2.24) is 5.32 Å². The van der Waals surface area contributed by atoms with Gasteiger partial charge in [0.15, 0.2) is 0 Å². The van der Waals surface area contributed by atoms with Crippen LogP contribution in [0.1, 0.15) is 19.8 Å². The molecule has 0 rings (SSSR count). The van der Waals surface area contributed by atoms with Crippen molar-refractivity contribution in [3.8, 4) is 0 Å². The van der Waals surface area contributed by atoms with Crippen molar-refractivity contribution in [1.29, 1.82) is 0 Å². The summed E-state index contributed by atoms with van der Waals surface area (Å²) in [6, 6.07) is -2.03. The van der Waals surface area contributed by atoms with Crippen LogP contribution >= 0.6 is 0 Å². The number of carboxylic acid groups (broad SMARTS) is 2. The topological polar surface area (TPSA) is 130 Å². The SMILES string of the molecule is CC(N)C(=O)N[C@@H](CCC(=O)O)C(=O)O. The third-order valence-electron chi connectivity index (χ3n) is 1.68. The molecular weight excluding hydrogens is 204 g/mol. The normalized spacial score (nSPS) is 14.0. The molecule has 2 atom stereocenters. The third-order valence-corrected chi connectivity index (χ3v) is 1.68. The monoisotopic (exact) mass is 218 g/mol. The number of rotatable bonds is 6. The van der Waals surface area contributed by atoms with Gasteiger partial charge in [-0.05, 0) is 13.3 Å². The predicted molar refractivity (Wildman–Crippen MR) is 50.1 cm³/mol. The molecule has 5 N–H and O–H groups in total. The fourth-order valence-corrected chi connectivity index (χ4v) is 0.828. The summed E-state index contributed by atoms with van der Waals surface area (Å²) >= 11 is 0. The van der Waals surface area contributed by atoms with Gasteiger partial charge in [0.25, 0.3) is 0 Å². The fraction of sp³-hybridized carbons (Fsp3) is 0.625. The number of carboxylic acids is 2. The summed E-state index contributed by atoms with van der Waals surface area (Å²) in [5, 5.41) is 19.2. The van der Waals surface area contributed by atoms with Crippen LogP contribution in [0.5, 0.6) is 0 Å². The van der Waals surface area contributed by atoms with E-state index in [1.165, 1.54) is 6.92 Å². The van der Waals surface area contributed by atoms with E-state index in [1.807, 2.05) is 0 Å². The molecule has 0 aromatic rings. The lowest BCUT2D eigenvalue weighted by Crippen LogP contribution is -2.47. The van der Waals surface area contributed by atoms with Gasteiger partial charge in [0.05, 0.1) is 6.04 Å². The van der Waals surface area contributed by atoms with E-state index in [4.69, 9.17) is 15.9 Å². The molecule has 0 radical (unpaired) electrons. The minimum Gasteiger partial charge on any atom is -0.481 e. The number of carbonyl (C=O) groups is 3. The molecule has 0 saturated heterocycles. The maximum atomic E-state index is 11.1. The van der Waals surface area contributed by atoms with Crippen LogP contribution in [0.2, 0.25) is 0 Å². The molecule has 1 amide bonds. The van der Waals surface area contributed by atoms with Gasteiger partial charge in [-0.1, -0.05) is 0 Å². The Morgan fingerprint density at radius 1 is 1.33 bits per heavy atom. The smallest absolute Gasteiger partial charge is 0.326 e. The Labute approximate surface area is 86.3 Å². The summed E-state index contributed by atoms with van der Waals surface area (Å²) < 4.78 is 0. The Bertz CT molecular complexity index is 264. The first kappa shape index (κ1) is 13.4. The van der Waals surface area contributed by atoms with E-state index in [0.717, 1.165) is 0 Å². The van der Waals surface area contributed by atoms with Crippen LogP contribution in [-0.4, -0.2) is 40.1 Å². The largest absolute Gasteiger partial charge is 0.481 e. The summed E-state index contributed by atoms with van der Waals surface area (Å²) in [4.78, 5) is 31.9. The second kappa shape index (κ2) is 5.97. The average molecular weight is 218 g/mol. The minimum absolute atomic E-state index is 0.164. The summed E-state index contributed by atoms with van der Waals surface area (Å²) in [7, 11) is 0. The van der Waals surface area contributed by atoms with Gasteiger partial charge in [0.1, 0.15) is 6.04 Å². The van der Waals surface area contributed by atoms with Crippen LogP contribution in [0.15, 0.2) is 0 Å². The molecule has 0 bridgehead atoms. The molecule has 0 heterocycles. The first-order chi connectivity index (χ1) is 6.84. The minimum atomic E-state index is -1.27. The number of hydrogen-bond acceptors (Lipinski definition) is 4. The molecule has 0 spiro atoms. The summed E-state index contributed by atoms with van der Waals surface area (Å²) in [6.45, 7) is 1.41. The van der Waals surface area contributed by atoms with Crippen molar-refractivity contribution >= 4 is 17.8 Å². The Morgan fingerprint density at radius 2 is 1.87 bits per heavy atom. The molecule has 7 nitrogen and oxygen atoms in total. The van der Waals surface area contributed by atoms with Crippen LogP contribution in [0.25, 0.3) is 0 Å². The highest BCUT2D eigenvalue weighted by Gasteiger charge is 2.21. The molecule has 0 saturated carbocycles. The summed E-state index contributed by atoms with van der Waals surface area (Å²) in [5.41, 5.74) is 5.22. The van der Waals surface area contributed by atoms with E-state index in [0.29, 0.717) is 0 Å². The summed E-state index contributed by atoms with van der Waals surface area (Å²) in [5.74, 6) is -3.01. The number of hydrogen-bond donors (Lipinski definition) is 4. The number of amides is 1. The zero-order valence-electron chi connectivity index (χ0n) is 8.27. The van der Waals surface area contributed by atoms with Gasteiger partial charge in [-0.3, -0.25) is 9.59 Å². The predicted octanol–water partition coefficient (Wildman–Crippen LogP) is -1.23. The number of aliphatic carboxylic acids is 2. The van der Waals surface area contributed by atoms with Crippen molar-refractivity contribution in [2.75, 3.05) is 0 Å². The molecule has 0 aliphatic carbocycles. The average Bonchev–Trinajstić information content (AvgIpc) is 2.10. The van der Waals surface area contributed by atoms with E-state index in [-0.39, 0.29) is 12.8 Å². The highest BCUT2D eigenvalue weighted by Crippen LogP contribution is 1.98. The van der Waals surface area contributed by atoms with Crippen LogP contribution < -0.4 is 11.1 Å². The van der Waals surface area contributed by atoms with Crippen molar-refractivity contribution in [2.24, 2.45) is 5.73 Å². The number of nitrogens with one attached hydrogen (secondary N) is 1. The van der Waals surface area contributed by atoms with Crippen LogP contribution in [0.3, 0.4) is 0 Å². The Morgan fingerprint density at radius 3 is 2.20 bits per heavy atom. The van der Waals surface area contributed by atoms with E-state index in [9.17, 15) is 14.4 Å². The molecule has 86 valence electrons. The zero-order chi connectivity index (χ0) is 12.0. The summed E-state index contributed by atoms with van der Waals surface area (Å²) in [6.07, 6.45) is -0.487. The van der Waals surface area contributed by atoms with Crippen molar-refractivity contribution in [3.05, 3.63) is 0 Å². The Kier molecular flexibility index (Phi) is 5.32. The molecular formula is C8H14N2O5. The molecule has 0 fully saturated rings. The van der Waals surface area contributed by atoms with Gasteiger partial charge in [-0.15, -0.1) is 0 Å². The molecule has 15 heavy (non-hydrogen) atoms. The maximum absolute atomic E-state index is 11.1. The first-order valence-corrected chi connectivity index (χ1v) is 4.35. The molecule has 0 aromatic heterocycles. The molecule has 1 unspecified atom stereocenters. The van der Waals surface area contributed by atoms with Gasteiger partial charge >= 0.3 is 11.9 Å². The quantitative estimate of drug-likeness (QED) is 0.441. The first-order valence-electron chi connectivity index (χ1n) is 4.35. The molecule has 0 aliphatic heterocycles. The molecule has 0 aromatic carbocycles. The molecule has 0 aliphatic rings. The van der Waals surface area contributed by atoms with Gasteiger partial charge < -0.3 is 21.3 Å². The Balaban J connectivity index is 4.22. The van der Waals surface area contributed by atoms with Crippen molar-refractivity contribution in [2.45, 2.75) is 31.8 Å². The van der Waals surface area contributed by atoms with Gasteiger partial charge in [0, 0.05) is 6.42 Å². The lowest BCUT2D eigenvalue weighted by Gasteiger charge is -2.14. The Hall–Kier alpha value is -1.63. The van der Waals surface area contributed by atoms with E-state index in [1.54, 1.807) is 0 Å². The zero-order valence-corrected chi connectivity index (χ0v) is 8.27. The van der Waals surface area contributed by atoms with Crippen LogP contribution in [-0.2, 0) is 14.4 Å². The van der Waals surface area contributed by atoms with Gasteiger partial charge in [-0.25, -0.2) is 4.79 Å².